The van der Waals surface area contributed by atoms with Gasteiger partial charge in [0.15, 0.2) is 0 Å². The number of allylic oxidation sites excluding steroid dienone is 5. The molecule has 0 spiro atoms. The second kappa shape index (κ2) is 17.1. The Bertz CT molecular complexity index is 1750. The van der Waals surface area contributed by atoms with Crippen LogP contribution in [-0.2, 0) is 11.3 Å². The molecule has 0 fully saturated rings. The number of rotatable bonds is 17. The van der Waals surface area contributed by atoms with Crippen LogP contribution in [0.1, 0.15) is 95.5 Å². The Morgan fingerprint density at radius 3 is 2.30 bits per heavy atom. The van der Waals surface area contributed by atoms with Crippen molar-refractivity contribution >= 4 is 67.1 Å². The van der Waals surface area contributed by atoms with Gasteiger partial charge in [-0.15, -0.1) is 0 Å². The van der Waals surface area contributed by atoms with Crippen LogP contribution in [0.25, 0.3) is 21.3 Å². The molecule has 5 nitrogen and oxygen atoms in total. The first kappa shape index (κ1) is 34.1. The number of hydrogen-bond acceptors (Lipinski definition) is 3. The summed E-state index contributed by atoms with van der Waals surface area (Å²) in [6.07, 6.45) is 18.7. The van der Waals surface area contributed by atoms with Gasteiger partial charge in [0, 0.05) is 0 Å². The van der Waals surface area contributed by atoms with E-state index in [1.54, 1.807) is 0 Å². The van der Waals surface area contributed by atoms with Crippen LogP contribution >= 0.6 is 0 Å². The van der Waals surface area contributed by atoms with Crippen molar-refractivity contribution in [2.24, 2.45) is 0 Å². The Kier molecular flexibility index (Phi) is 12.7. The topological polar surface area (TPSA) is 70.3 Å². The zero-order valence-electron chi connectivity index (χ0n) is 27.2. The number of nitrogens with zero attached hydrogens (tertiary/aromatic N) is 4. The second-order valence-electron chi connectivity index (χ2n) is 12.1. The zero-order valence-corrected chi connectivity index (χ0v) is 30.6. The van der Waals surface area contributed by atoms with E-state index in [0.29, 0.717) is 16.7 Å². The van der Waals surface area contributed by atoms with Crippen molar-refractivity contribution in [3.05, 3.63) is 91.5 Å². The van der Waals surface area contributed by atoms with Crippen molar-refractivity contribution in [1.82, 2.24) is 0 Å². The summed E-state index contributed by atoms with van der Waals surface area (Å²) in [6.45, 7) is 6.31. The number of anilines is 1. The number of ketones is 1. The average molecular weight is 743 g/mol. The van der Waals surface area contributed by atoms with Crippen molar-refractivity contribution in [1.29, 1.82) is 5.26 Å². The van der Waals surface area contributed by atoms with E-state index in [4.69, 9.17) is 0 Å². The van der Waals surface area contributed by atoms with Crippen LogP contribution in [0.4, 0.5) is 5.69 Å². The van der Waals surface area contributed by atoms with Gasteiger partial charge >= 0.3 is 288 Å². The number of carbonyl (C=O) groups is 1. The van der Waals surface area contributed by atoms with Gasteiger partial charge in [-0.3, -0.25) is 0 Å². The Labute approximate surface area is 286 Å². The van der Waals surface area contributed by atoms with Crippen LogP contribution in [0.15, 0.2) is 81.5 Å². The third-order valence-electron chi connectivity index (χ3n) is 8.78. The molecule has 0 unspecified atom stereocenters. The Morgan fingerprint density at radius 2 is 1.57 bits per heavy atom. The molecular formula is C39H44N4OSe2. The minimum atomic E-state index is -0.0597. The molecule has 5 rings (SSSR count). The van der Waals surface area contributed by atoms with E-state index in [0.717, 1.165) is 35.1 Å². The molecule has 0 N–H and O–H groups in total. The second-order valence-corrected chi connectivity index (χ2v) is 16.5. The molecule has 0 saturated heterocycles. The predicted molar refractivity (Wildman–Crippen MR) is 193 cm³/mol. The van der Waals surface area contributed by atoms with Crippen LogP contribution in [0.5, 0.6) is 0 Å². The van der Waals surface area contributed by atoms with Gasteiger partial charge in [-0.2, -0.15) is 0 Å². The fraction of sp³-hybridized carbons (Fsp3) is 0.410. The number of para-hydroxylation sites is 2. The quantitative estimate of drug-likeness (QED) is 0.0359. The maximum atomic E-state index is 13.9. The Hall–Kier alpha value is -3.22. The summed E-state index contributed by atoms with van der Waals surface area (Å²) in [5, 5.41) is 20.0. The van der Waals surface area contributed by atoms with Crippen molar-refractivity contribution in [2.75, 3.05) is 11.4 Å². The predicted octanol–water partition coefficient (Wildman–Crippen LogP) is 7.55. The molecule has 1 aromatic heterocycles. The molecule has 46 heavy (non-hydrogen) atoms. The first-order chi connectivity index (χ1) is 22.6. The summed E-state index contributed by atoms with van der Waals surface area (Å²) in [5.74, 6) is 2.05. The fourth-order valence-electron chi connectivity index (χ4n) is 6.27. The number of fused-ring (bicyclic) bond motifs is 2. The van der Waals surface area contributed by atoms with Crippen molar-refractivity contribution < 1.29 is 9.36 Å². The van der Waals surface area contributed by atoms with E-state index in [1.807, 2.05) is 12.2 Å². The summed E-state index contributed by atoms with van der Waals surface area (Å²) < 4.78 is 7.27. The van der Waals surface area contributed by atoms with Gasteiger partial charge in [-0.05, 0) is 0 Å². The molecule has 238 valence electrons. The van der Waals surface area contributed by atoms with Crippen LogP contribution in [0.2, 0.25) is 0 Å². The first-order valence-electron chi connectivity index (χ1n) is 17.0. The van der Waals surface area contributed by atoms with E-state index in [2.05, 4.69) is 83.8 Å². The van der Waals surface area contributed by atoms with Crippen LogP contribution in [0, 0.1) is 11.3 Å². The molecule has 0 amide bonds. The molecule has 1 aliphatic heterocycles. The van der Waals surface area contributed by atoms with Crippen LogP contribution in [-0.4, -0.2) is 47.7 Å². The van der Waals surface area contributed by atoms with E-state index in [-0.39, 0.29) is 40.8 Å². The van der Waals surface area contributed by atoms with E-state index >= 15 is 0 Å². The minimum absolute atomic E-state index is 0.0225. The molecule has 3 aromatic rings. The van der Waals surface area contributed by atoms with E-state index < -0.39 is 0 Å². The fourth-order valence-corrected chi connectivity index (χ4v) is 11.0. The molecule has 1 aliphatic carbocycles. The maximum absolute atomic E-state index is 13.9. The number of nitriles is 1. The van der Waals surface area contributed by atoms with E-state index in [1.165, 1.54) is 84.1 Å². The third-order valence-corrected chi connectivity index (χ3v) is 13.4. The van der Waals surface area contributed by atoms with Gasteiger partial charge in [-0.25, -0.2) is 0 Å². The summed E-state index contributed by atoms with van der Waals surface area (Å²) in [5.41, 5.74) is 4.01. The molecule has 2 aliphatic rings. The molecule has 2 heterocycles. The van der Waals surface area contributed by atoms with Crippen LogP contribution in [0.3, 0.4) is 0 Å². The summed E-state index contributed by atoms with van der Waals surface area (Å²) in [6, 6.07) is 19.2. The first-order valence-corrected chi connectivity index (χ1v) is 20.4. The number of unbranched alkanes of at least 4 members (excludes halogenated alkanes) is 10. The number of Topliss-reactive ketones (excluding diaryl/α,β-unsaturated/α-hetero) is 1. The average Bonchev–Trinajstić information content (AvgIpc) is 3.62. The molecule has 0 radical (unpaired) electrons. The molecule has 2 aromatic carbocycles. The van der Waals surface area contributed by atoms with Gasteiger partial charge in [0.25, 0.3) is 0 Å². The van der Waals surface area contributed by atoms with Gasteiger partial charge in [-0.1, -0.05) is 0 Å². The monoisotopic (exact) mass is 744 g/mol. The number of benzene rings is 2. The summed E-state index contributed by atoms with van der Waals surface area (Å²) in [4.78, 5) is 16.3. The molecule has 0 atom stereocenters. The number of aryl methyl sites for hydroxylation is 1. The summed E-state index contributed by atoms with van der Waals surface area (Å²) in [7, 11) is 0. The van der Waals surface area contributed by atoms with Crippen molar-refractivity contribution in [3.63, 3.8) is 0 Å². The number of aromatic nitrogens is 1. The number of hydrogen-bond donors (Lipinski definition) is 0. The molecule has 7 heteroatoms. The normalized spacial score (nSPS) is 15.8. The molecule has 0 bridgehead atoms. The Balaban J connectivity index is 1.46. The van der Waals surface area contributed by atoms with Gasteiger partial charge in [0.1, 0.15) is 0 Å². The Morgan fingerprint density at radius 1 is 0.891 bits per heavy atom. The number of carbonyl (C=O) groups excluding carboxylic acids is 1. The zero-order chi connectivity index (χ0) is 32.3. The van der Waals surface area contributed by atoms with Crippen molar-refractivity contribution in [3.8, 4) is 6.07 Å². The van der Waals surface area contributed by atoms with Crippen molar-refractivity contribution in [2.45, 2.75) is 97.4 Å². The molecular weight excluding hydrogens is 698 g/mol. The van der Waals surface area contributed by atoms with E-state index in [9.17, 15) is 15.5 Å². The third kappa shape index (κ3) is 7.83. The molecule has 0 saturated carbocycles. The van der Waals surface area contributed by atoms with Gasteiger partial charge < -0.3 is 0 Å². The summed E-state index contributed by atoms with van der Waals surface area (Å²) >= 11 is 0.101. The van der Waals surface area contributed by atoms with Gasteiger partial charge in [0.05, 0.1) is 0 Å². The SMILES string of the molecule is CCCCCCCCN1/C(=C/C2=C(C(=C=[N-])C#N)C(=C/c3[se]c4ccccc4[n+]3CCCCCCCC)/C2=O)[Se]c2ccccc21. The van der Waals surface area contributed by atoms with Gasteiger partial charge in [0.2, 0.25) is 0 Å². The standard InChI is InChI=1S/C39H44N4OSe2/c1-3-5-7-9-11-17-23-42-32-19-13-15-21-34(32)45-36(42)25-30-38(29(27-40)28-41)31(39(30)44)26-37-43(24-18-12-10-8-6-4-2)33-20-14-16-22-35(33)46-37/h13-16,19-22,25-26H,3-12,17-18,23-24H2,1-2H3. The van der Waals surface area contributed by atoms with Crippen LogP contribution < -0.4 is 13.9 Å².